The average molecular weight is 344 g/mol. The fourth-order valence-electron chi connectivity index (χ4n) is 2.23. The van der Waals surface area contributed by atoms with Gasteiger partial charge in [0.1, 0.15) is 5.82 Å². The molecule has 0 saturated carbocycles. The van der Waals surface area contributed by atoms with Crippen LogP contribution in [0.25, 0.3) is 16.7 Å². The Labute approximate surface area is 127 Å². The van der Waals surface area contributed by atoms with E-state index in [1.807, 2.05) is 0 Å². The molecule has 8 nitrogen and oxygen atoms in total. The van der Waals surface area contributed by atoms with Gasteiger partial charge in [0.15, 0.2) is 0 Å². The molecule has 0 unspecified atom stereocenters. The van der Waals surface area contributed by atoms with Gasteiger partial charge < -0.3 is 9.79 Å². The third kappa shape index (κ3) is 2.50. The number of benzene rings is 1. The fraction of sp³-hybridized carbons (Fsp3) is 0.182. The fourth-order valence-corrected chi connectivity index (χ4v) is 2.92. The Morgan fingerprint density at radius 1 is 1.41 bits per heavy atom. The van der Waals surface area contributed by atoms with Crippen LogP contribution in [-0.2, 0) is 11.1 Å². The highest BCUT2D eigenvalue weighted by Gasteiger charge is 2.18. The third-order valence-electron chi connectivity index (χ3n) is 3.19. The van der Waals surface area contributed by atoms with E-state index in [0.29, 0.717) is 5.52 Å². The first-order chi connectivity index (χ1) is 10.3. The normalized spacial score (nSPS) is 12.3. The highest BCUT2D eigenvalue weighted by atomic mass is 32.1. The van der Waals surface area contributed by atoms with Crippen molar-refractivity contribution in [3.05, 3.63) is 39.1 Å². The maximum Gasteiger partial charge on any atom is 0.327 e. The van der Waals surface area contributed by atoms with Crippen molar-refractivity contribution in [1.82, 2.24) is 19.2 Å². The van der Waals surface area contributed by atoms with E-state index in [-0.39, 0.29) is 22.5 Å². The number of H-pyrrole nitrogens is 1. The minimum atomic E-state index is -4.30. The van der Waals surface area contributed by atoms with Crippen LogP contribution in [0.1, 0.15) is 0 Å². The lowest BCUT2D eigenvalue weighted by atomic mass is 10.2. The van der Waals surface area contributed by atoms with E-state index in [9.17, 15) is 13.8 Å². The summed E-state index contributed by atoms with van der Waals surface area (Å²) in [5, 5.41) is 6.48. The summed E-state index contributed by atoms with van der Waals surface area (Å²) in [5.74, 6) is -0.483. The maximum absolute atomic E-state index is 13.4. The Morgan fingerprint density at radius 3 is 2.82 bits per heavy atom. The summed E-state index contributed by atoms with van der Waals surface area (Å²) < 4.78 is 27.1. The van der Waals surface area contributed by atoms with E-state index in [2.05, 4.69) is 10.2 Å². The van der Waals surface area contributed by atoms with Crippen molar-refractivity contribution >= 4 is 36.5 Å². The lowest BCUT2D eigenvalue weighted by Crippen LogP contribution is -2.25. The van der Waals surface area contributed by atoms with Crippen molar-refractivity contribution in [3.8, 4) is 0 Å². The smallest absolute Gasteiger partial charge is 0.324 e. The zero-order valence-corrected chi connectivity index (χ0v) is 12.6. The van der Waals surface area contributed by atoms with Gasteiger partial charge in [-0.05, 0) is 30.4 Å². The third-order valence-corrected chi connectivity index (χ3v) is 4.24. The van der Waals surface area contributed by atoms with Gasteiger partial charge in [-0.1, -0.05) is 0 Å². The standard InChI is InChI=1S/C11H10FN4O4PS/c12-6-1-2-8-7(5-6)9(17)15(3-4-21(18,19)20)10-13-14-11(22)16(8)10/h1-2,5H,3-4H2,(H,14,22)(H2,18,19,20). The maximum atomic E-state index is 13.4. The van der Waals surface area contributed by atoms with Gasteiger partial charge in [0.25, 0.3) is 5.56 Å². The SMILES string of the molecule is O=c1c2cc(F)ccc2n2c(=S)[nH]nc2n1CCP(=O)(O)O. The second-order valence-electron chi connectivity index (χ2n) is 4.67. The van der Waals surface area contributed by atoms with Crippen LogP contribution in [0.4, 0.5) is 4.39 Å². The van der Waals surface area contributed by atoms with Gasteiger partial charge in [0.05, 0.1) is 17.1 Å². The van der Waals surface area contributed by atoms with Crippen LogP contribution in [0, 0.1) is 10.6 Å². The number of halogens is 1. The monoisotopic (exact) mass is 344 g/mol. The topological polar surface area (TPSA) is 113 Å². The van der Waals surface area contributed by atoms with E-state index in [1.54, 1.807) is 0 Å². The van der Waals surface area contributed by atoms with Gasteiger partial charge in [0, 0.05) is 6.54 Å². The van der Waals surface area contributed by atoms with Gasteiger partial charge in [-0.25, -0.2) is 9.49 Å². The first-order valence-corrected chi connectivity index (χ1v) is 8.32. The summed E-state index contributed by atoms with van der Waals surface area (Å²) in [4.78, 5) is 30.4. The molecule has 3 N–H and O–H groups in total. The van der Waals surface area contributed by atoms with Crippen LogP contribution >= 0.6 is 19.8 Å². The number of nitrogens with zero attached hydrogens (tertiary/aromatic N) is 3. The molecule has 0 amide bonds. The van der Waals surface area contributed by atoms with Crippen molar-refractivity contribution in [2.45, 2.75) is 6.54 Å². The average Bonchev–Trinajstić information content (AvgIpc) is 2.80. The predicted molar refractivity (Wildman–Crippen MR) is 79.0 cm³/mol. The lowest BCUT2D eigenvalue weighted by molar-refractivity contribution is 0.370. The Hall–Kier alpha value is -1.87. The Bertz CT molecular complexity index is 1050. The molecule has 3 rings (SSSR count). The number of rotatable bonds is 3. The summed E-state index contributed by atoms with van der Waals surface area (Å²) in [5.41, 5.74) is -0.225. The van der Waals surface area contributed by atoms with Gasteiger partial charge in [-0.15, -0.1) is 5.10 Å². The molecule has 22 heavy (non-hydrogen) atoms. The van der Waals surface area contributed by atoms with Crippen molar-refractivity contribution in [2.75, 3.05) is 6.16 Å². The zero-order valence-electron chi connectivity index (χ0n) is 10.9. The highest BCUT2D eigenvalue weighted by molar-refractivity contribution is 7.71. The zero-order chi connectivity index (χ0) is 16.1. The Morgan fingerprint density at radius 2 is 2.14 bits per heavy atom. The second-order valence-corrected chi connectivity index (χ2v) is 6.83. The number of nitrogens with one attached hydrogen (secondary N) is 1. The molecule has 2 aromatic heterocycles. The molecule has 3 aromatic rings. The molecule has 0 spiro atoms. The molecule has 0 saturated heterocycles. The molecular weight excluding hydrogens is 334 g/mol. The highest BCUT2D eigenvalue weighted by Crippen LogP contribution is 2.34. The summed E-state index contributed by atoms with van der Waals surface area (Å²) >= 11 is 5.09. The molecule has 0 bridgehead atoms. The molecule has 0 aliphatic rings. The molecule has 0 aliphatic heterocycles. The van der Waals surface area contributed by atoms with Crippen molar-refractivity contribution in [2.24, 2.45) is 0 Å². The molecule has 0 atom stereocenters. The lowest BCUT2D eigenvalue weighted by Gasteiger charge is -2.10. The molecule has 0 aliphatic carbocycles. The number of aromatic amines is 1. The number of fused-ring (bicyclic) bond motifs is 3. The number of aromatic nitrogens is 4. The van der Waals surface area contributed by atoms with Gasteiger partial charge in [-0.3, -0.25) is 18.3 Å². The largest absolute Gasteiger partial charge is 0.327 e. The molecule has 11 heteroatoms. The minimum Gasteiger partial charge on any atom is -0.324 e. The first kappa shape index (κ1) is 15.0. The van der Waals surface area contributed by atoms with E-state index >= 15 is 0 Å². The van der Waals surface area contributed by atoms with E-state index in [1.165, 1.54) is 16.5 Å². The molecular formula is C11H10FN4O4PS. The summed E-state index contributed by atoms with van der Waals surface area (Å²) in [6.07, 6.45) is -0.539. The van der Waals surface area contributed by atoms with Crippen LogP contribution in [0.15, 0.2) is 23.0 Å². The Balaban J connectivity index is 2.39. The van der Waals surface area contributed by atoms with Crippen molar-refractivity contribution < 1.29 is 18.7 Å². The van der Waals surface area contributed by atoms with Gasteiger partial charge >= 0.3 is 7.60 Å². The van der Waals surface area contributed by atoms with Crippen LogP contribution in [0.3, 0.4) is 0 Å². The predicted octanol–water partition coefficient (Wildman–Crippen LogP) is 1.02. The van der Waals surface area contributed by atoms with Crippen LogP contribution in [0.2, 0.25) is 0 Å². The van der Waals surface area contributed by atoms with Crippen LogP contribution in [-0.4, -0.2) is 35.1 Å². The molecule has 116 valence electrons. The number of hydrogen-bond donors (Lipinski definition) is 3. The molecule has 1 aromatic carbocycles. The van der Waals surface area contributed by atoms with Gasteiger partial charge in [-0.2, -0.15) is 0 Å². The number of aryl methyl sites for hydroxylation is 1. The van der Waals surface area contributed by atoms with Crippen molar-refractivity contribution in [1.29, 1.82) is 0 Å². The number of hydrogen-bond acceptors (Lipinski definition) is 4. The first-order valence-electron chi connectivity index (χ1n) is 6.12. The summed E-state index contributed by atoms with van der Waals surface area (Å²) in [6, 6.07) is 3.65. The van der Waals surface area contributed by atoms with Crippen LogP contribution < -0.4 is 5.56 Å². The quantitative estimate of drug-likeness (QED) is 0.483. The molecule has 0 radical (unpaired) electrons. The summed E-state index contributed by atoms with van der Waals surface area (Å²) in [7, 11) is -4.30. The van der Waals surface area contributed by atoms with Crippen molar-refractivity contribution in [3.63, 3.8) is 0 Å². The van der Waals surface area contributed by atoms with E-state index in [0.717, 1.165) is 10.6 Å². The van der Waals surface area contributed by atoms with Gasteiger partial charge in [0.2, 0.25) is 10.5 Å². The van der Waals surface area contributed by atoms with E-state index < -0.39 is 25.1 Å². The minimum absolute atomic E-state index is 0.0516. The molecule has 2 heterocycles. The molecule has 0 fully saturated rings. The van der Waals surface area contributed by atoms with Crippen LogP contribution in [0.5, 0.6) is 0 Å². The van der Waals surface area contributed by atoms with E-state index in [4.69, 9.17) is 22.0 Å². The second kappa shape index (κ2) is 5.10. The Kier molecular flexibility index (Phi) is 3.48. The summed E-state index contributed by atoms with van der Waals surface area (Å²) in [6.45, 7) is -0.265.